The highest BCUT2D eigenvalue weighted by atomic mass is 127. The van der Waals surface area contributed by atoms with Crippen LogP contribution in [0.4, 0.5) is 5.69 Å². The number of rotatable bonds is 8. The minimum Gasteiger partial charge on any atom is -1.00 e. The van der Waals surface area contributed by atoms with Gasteiger partial charge in [-0.3, -0.25) is 4.79 Å². The van der Waals surface area contributed by atoms with Gasteiger partial charge in [-0.15, -0.1) is 0 Å². The first kappa shape index (κ1) is 26.3. The van der Waals surface area contributed by atoms with Gasteiger partial charge in [0.2, 0.25) is 5.91 Å². The molecule has 2 fully saturated rings. The number of carbonyl (C=O) groups is 2. The molecule has 8 heteroatoms. The minimum atomic E-state index is -0.759. The molecule has 5 rings (SSSR count). The van der Waals surface area contributed by atoms with E-state index >= 15 is 0 Å². The molecular weight excluding hydrogens is 569 g/mol. The summed E-state index contributed by atoms with van der Waals surface area (Å²) in [5.41, 5.74) is 4.38. The number of fused-ring (bicyclic) bond motifs is 1. The number of hydrogen-bond acceptors (Lipinski definition) is 5. The summed E-state index contributed by atoms with van der Waals surface area (Å²) >= 11 is 0. The first-order valence-corrected chi connectivity index (χ1v) is 12.3. The second-order valence-corrected chi connectivity index (χ2v) is 9.58. The molecule has 1 aromatic heterocycles. The summed E-state index contributed by atoms with van der Waals surface area (Å²) in [5, 5.41) is 10.1. The van der Waals surface area contributed by atoms with Crippen LogP contribution >= 0.6 is 0 Å². The van der Waals surface area contributed by atoms with E-state index in [1.54, 1.807) is 6.92 Å². The topological polar surface area (TPSA) is 74.0 Å². The highest BCUT2D eigenvalue weighted by Gasteiger charge is 2.57. The molecule has 0 saturated carbocycles. The third-order valence-corrected chi connectivity index (χ3v) is 7.27. The third kappa shape index (κ3) is 4.93. The maximum Gasteiger partial charge on any atom is 0.355 e. The number of aromatic nitrogens is 1. The molecule has 190 valence electrons. The van der Waals surface area contributed by atoms with Crippen molar-refractivity contribution in [2.75, 3.05) is 24.6 Å². The predicted molar refractivity (Wildman–Crippen MR) is 132 cm³/mol. The molecule has 4 heterocycles. The predicted octanol–water partition coefficient (Wildman–Crippen LogP) is -0.322. The van der Waals surface area contributed by atoms with Crippen LogP contribution in [0, 0.1) is 5.92 Å². The standard InChI is InChI=1S/C28H32N3O4.HI/c1-3-16-35-28(34)26-23(17-24-25(19(2)32)27(33)31(24)26)21-8-6-20(7-9-21)18-29-14-10-22(11-15-29)30-12-4-5-13-30;/h3,6-11,14-15,19,24-25,32H,1,4-5,12-13,16-18H2,2H3;1H/q+1;/p-1/t19-,24-,25-;/m1./s1. The number of β-lactam (4-membered cyclic amide) rings is 1. The molecule has 0 unspecified atom stereocenters. The largest absolute Gasteiger partial charge is 1.00 e. The van der Waals surface area contributed by atoms with Gasteiger partial charge in [-0.25, -0.2) is 9.36 Å². The maximum absolute atomic E-state index is 12.8. The van der Waals surface area contributed by atoms with Crippen LogP contribution < -0.4 is 33.4 Å². The number of hydrogen-bond donors (Lipinski definition) is 1. The van der Waals surface area contributed by atoms with Crippen molar-refractivity contribution in [3.63, 3.8) is 0 Å². The normalized spacial score (nSPS) is 21.6. The van der Waals surface area contributed by atoms with E-state index in [-0.39, 0.29) is 42.5 Å². The minimum absolute atomic E-state index is 0. The van der Waals surface area contributed by atoms with Crippen molar-refractivity contribution in [3.8, 4) is 0 Å². The summed E-state index contributed by atoms with van der Waals surface area (Å²) in [4.78, 5) is 29.5. The van der Waals surface area contributed by atoms with Crippen molar-refractivity contribution in [3.05, 3.63) is 78.3 Å². The second-order valence-electron chi connectivity index (χ2n) is 9.58. The number of esters is 1. The van der Waals surface area contributed by atoms with E-state index < -0.39 is 18.0 Å². The average molecular weight is 601 g/mol. The number of halogens is 1. The molecule has 1 aromatic carbocycles. The Hall–Kier alpha value is -2.72. The smallest absolute Gasteiger partial charge is 0.355 e. The molecule has 2 aromatic rings. The van der Waals surface area contributed by atoms with E-state index in [9.17, 15) is 14.7 Å². The van der Waals surface area contributed by atoms with Crippen LogP contribution in [0.3, 0.4) is 0 Å². The molecule has 0 radical (unpaired) electrons. The van der Waals surface area contributed by atoms with E-state index in [1.807, 2.05) is 12.1 Å². The van der Waals surface area contributed by atoms with Gasteiger partial charge in [0, 0.05) is 36.5 Å². The molecule has 0 aliphatic carbocycles. The highest BCUT2D eigenvalue weighted by molar-refractivity contribution is 6.06. The SMILES string of the molecule is C=CCOC(=O)C1=C(c2ccc(C[n+]3ccc(N4CCCC4)cc3)cc2)C[C@@H]2[C@@H]([C@@H](C)O)C(=O)N12.[I-]. The lowest BCUT2D eigenvalue weighted by Crippen LogP contribution is -3.00. The fraction of sp³-hybridized carbons (Fsp3) is 0.393. The summed E-state index contributed by atoms with van der Waals surface area (Å²) in [6, 6.07) is 12.2. The molecule has 3 aliphatic rings. The van der Waals surface area contributed by atoms with E-state index in [0.29, 0.717) is 12.1 Å². The van der Waals surface area contributed by atoms with Gasteiger partial charge < -0.3 is 43.6 Å². The molecule has 0 bridgehead atoms. The Balaban J connectivity index is 0.00000304. The Morgan fingerprint density at radius 2 is 1.86 bits per heavy atom. The monoisotopic (exact) mass is 601 g/mol. The number of aliphatic hydroxyl groups is 1. The summed E-state index contributed by atoms with van der Waals surface area (Å²) in [7, 11) is 0. The molecule has 3 atom stereocenters. The number of aliphatic hydroxyl groups excluding tert-OH is 1. The number of pyridine rings is 1. The Morgan fingerprint density at radius 3 is 2.47 bits per heavy atom. The Kier molecular flexibility index (Phi) is 8.14. The van der Waals surface area contributed by atoms with Gasteiger partial charge >= 0.3 is 5.97 Å². The van der Waals surface area contributed by atoms with E-state index in [1.165, 1.54) is 29.5 Å². The number of ether oxygens (including phenoxy) is 1. The number of nitrogens with zero attached hydrogens (tertiary/aromatic N) is 3. The van der Waals surface area contributed by atoms with Crippen molar-refractivity contribution in [2.24, 2.45) is 5.92 Å². The lowest BCUT2D eigenvalue weighted by molar-refractivity contribution is -0.688. The lowest BCUT2D eigenvalue weighted by atomic mass is 9.82. The summed E-state index contributed by atoms with van der Waals surface area (Å²) < 4.78 is 7.45. The van der Waals surface area contributed by atoms with Crippen LogP contribution in [-0.2, 0) is 20.9 Å². The molecule has 1 N–H and O–H groups in total. The molecule has 7 nitrogen and oxygen atoms in total. The van der Waals surface area contributed by atoms with Crippen molar-refractivity contribution in [1.29, 1.82) is 0 Å². The zero-order valence-corrected chi connectivity index (χ0v) is 22.6. The fourth-order valence-corrected chi connectivity index (χ4v) is 5.48. The van der Waals surface area contributed by atoms with Crippen LogP contribution in [0.5, 0.6) is 0 Å². The fourth-order valence-electron chi connectivity index (χ4n) is 5.48. The molecule has 0 spiro atoms. The average Bonchev–Trinajstić information content (AvgIpc) is 3.50. The van der Waals surface area contributed by atoms with Gasteiger partial charge in [0.15, 0.2) is 18.9 Å². The molecule has 36 heavy (non-hydrogen) atoms. The highest BCUT2D eigenvalue weighted by Crippen LogP contribution is 2.47. The van der Waals surface area contributed by atoms with E-state index in [2.05, 4.69) is 52.7 Å². The lowest BCUT2D eigenvalue weighted by Gasteiger charge is -2.44. The number of benzene rings is 1. The van der Waals surface area contributed by atoms with Gasteiger partial charge in [-0.1, -0.05) is 36.9 Å². The van der Waals surface area contributed by atoms with E-state index in [4.69, 9.17) is 4.74 Å². The van der Waals surface area contributed by atoms with Crippen LogP contribution in [0.25, 0.3) is 5.57 Å². The van der Waals surface area contributed by atoms with Gasteiger partial charge in [-0.05, 0) is 37.3 Å². The third-order valence-electron chi connectivity index (χ3n) is 7.27. The molecular formula is C28H32IN3O4. The van der Waals surface area contributed by atoms with Gasteiger partial charge in [-0.2, -0.15) is 0 Å². The Bertz CT molecular complexity index is 1150. The maximum atomic E-state index is 12.8. The zero-order chi connectivity index (χ0) is 24.5. The van der Waals surface area contributed by atoms with Crippen LogP contribution in [0.15, 0.2) is 67.1 Å². The summed E-state index contributed by atoms with van der Waals surface area (Å²) in [6.45, 7) is 8.30. The number of amides is 1. The Morgan fingerprint density at radius 1 is 1.19 bits per heavy atom. The van der Waals surface area contributed by atoms with Crippen LogP contribution in [-0.4, -0.2) is 53.7 Å². The quantitative estimate of drug-likeness (QED) is 0.148. The number of carbonyl (C=O) groups excluding carboxylic acids is 2. The molecule has 1 amide bonds. The first-order chi connectivity index (χ1) is 17.0. The van der Waals surface area contributed by atoms with Gasteiger partial charge in [0.1, 0.15) is 12.3 Å². The summed E-state index contributed by atoms with van der Waals surface area (Å²) in [5.74, 6) is -1.25. The molecule has 2 saturated heterocycles. The second kappa shape index (κ2) is 11.1. The molecule has 3 aliphatic heterocycles. The van der Waals surface area contributed by atoms with Crippen molar-refractivity contribution in [1.82, 2.24) is 4.90 Å². The van der Waals surface area contributed by atoms with E-state index in [0.717, 1.165) is 36.3 Å². The van der Waals surface area contributed by atoms with Gasteiger partial charge in [0.05, 0.1) is 18.1 Å². The van der Waals surface area contributed by atoms with Crippen LogP contribution in [0.2, 0.25) is 0 Å². The number of anilines is 1. The summed E-state index contributed by atoms with van der Waals surface area (Å²) in [6.07, 6.45) is 8.01. The van der Waals surface area contributed by atoms with Crippen molar-refractivity contribution < 1.29 is 48.0 Å². The Labute approximate surface area is 229 Å². The zero-order valence-electron chi connectivity index (χ0n) is 20.5. The van der Waals surface area contributed by atoms with Crippen molar-refractivity contribution >= 4 is 23.1 Å². The van der Waals surface area contributed by atoms with Crippen molar-refractivity contribution in [2.45, 2.75) is 44.9 Å². The first-order valence-electron chi connectivity index (χ1n) is 12.3. The van der Waals surface area contributed by atoms with Gasteiger partial charge in [0.25, 0.3) is 0 Å². The van der Waals surface area contributed by atoms with Crippen LogP contribution in [0.1, 0.15) is 37.3 Å².